The van der Waals surface area contributed by atoms with E-state index in [-0.39, 0.29) is 11.9 Å². The molecule has 0 fully saturated rings. The fraction of sp³-hybridized carbons (Fsp3) is 0.500. The lowest BCUT2D eigenvalue weighted by Crippen LogP contribution is -2.43. The minimum atomic E-state index is -0.456. The summed E-state index contributed by atoms with van der Waals surface area (Å²) in [5.41, 5.74) is 0.490. The van der Waals surface area contributed by atoms with Crippen molar-refractivity contribution in [3.8, 4) is 0 Å². The predicted molar refractivity (Wildman–Crippen MR) is 63.2 cm³/mol. The first-order chi connectivity index (χ1) is 7.58. The topological polar surface area (TPSA) is 63.4 Å². The predicted octanol–water partition coefficient (Wildman–Crippen LogP) is 1.51. The zero-order valence-corrected chi connectivity index (χ0v) is 11.0. The molecule has 1 atom stereocenters. The third-order valence-corrected chi connectivity index (χ3v) is 2.58. The van der Waals surface area contributed by atoms with Gasteiger partial charge in [-0.1, -0.05) is 0 Å². The molecule has 6 heteroatoms. The van der Waals surface area contributed by atoms with Crippen LogP contribution < -0.4 is 5.32 Å². The molecule has 0 aliphatic carbocycles. The number of halogens is 1. The highest BCUT2D eigenvalue weighted by Gasteiger charge is 2.19. The minimum absolute atomic E-state index is 0.197. The van der Waals surface area contributed by atoms with Crippen LogP contribution in [0.5, 0.6) is 0 Å². The monoisotopic (exact) mass is 290 g/mol. The van der Waals surface area contributed by atoms with Crippen LogP contribution in [0.2, 0.25) is 0 Å². The Morgan fingerprint density at radius 3 is 2.56 bits per heavy atom. The number of aromatic amines is 1. The summed E-state index contributed by atoms with van der Waals surface area (Å²) in [4.78, 5) is 14.6. The zero-order chi connectivity index (χ0) is 12.1. The van der Waals surface area contributed by atoms with Gasteiger partial charge in [-0.25, -0.2) is 0 Å². The maximum Gasteiger partial charge on any atom is 0.268 e. The molecule has 1 rings (SSSR count). The van der Waals surface area contributed by atoms with Crippen molar-refractivity contribution >= 4 is 21.8 Å². The Morgan fingerprint density at radius 1 is 1.50 bits per heavy atom. The average molecular weight is 291 g/mol. The molecule has 1 aromatic heterocycles. The van der Waals surface area contributed by atoms with Crippen LogP contribution in [0.15, 0.2) is 16.7 Å². The maximum atomic E-state index is 11.7. The quantitative estimate of drug-likeness (QED) is 0.808. The molecule has 90 valence electrons. The molecule has 1 aromatic rings. The van der Waals surface area contributed by atoms with Crippen LogP contribution >= 0.6 is 15.9 Å². The first-order valence-corrected chi connectivity index (χ1v) is 5.58. The first kappa shape index (κ1) is 13.2. The number of rotatable bonds is 5. The number of carbonyl (C=O) groups is 1. The summed E-state index contributed by atoms with van der Waals surface area (Å²) in [5.74, 6) is -0.197. The van der Waals surface area contributed by atoms with Gasteiger partial charge in [-0.15, -0.1) is 0 Å². The van der Waals surface area contributed by atoms with Crippen molar-refractivity contribution in [3.63, 3.8) is 0 Å². The van der Waals surface area contributed by atoms with E-state index < -0.39 is 6.29 Å². The van der Waals surface area contributed by atoms with Gasteiger partial charge in [0.1, 0.15) is 5.69 Å². The molecule has 0 aliphatic heterocycles. The second-order valence-electron chi connectivity index (χ2n) is 3.33. The molecule has 1 amide bonds. The molecule has 0 aromatic carbocycles. The van der Waals surface area contributed by atoms with Crippen molar-refractivity contribution in [2.24, 2.45) is 0 Å². The van der Waals surface area contributed by atoms with Gasteiger partial charge in [-0.05, 0) is 28.9 Å². The van der Waals surface area contributed by atoms with E-state index in [4.69, 9.17) is 9.47 Å². The molecular weight excluding hydrogens is 276 g/mol. The Labute approximate surface area is 103 Å². The molecule has 0 saturated heterocycles. The largest absolute Gasteiger partial charge is 0.356 e. The van der Waals surface area contributed by atoms with E-state index in [0.717, 1.165) is 4.47 Å². The summed E-state index contributed by atoms with van der Waals surface area (Å²) in [5, 5.41) is 2.77. The number of nitrogens with one attached hydrogen (secondary N) is 2. The van der Waals surface area contributed by atoms with E-state index in [1.807, 2.05) is 6.92 Å². The van der Waals surface area contributed by atoms with Crippen LogP contribution in [0.3, 0.4) is 0 Å². The van der Waals surface area contributed by atoms with Gasteiger partial charge in [0.15, 0.2) is 6.29 Å². The van der Waals surface area contributed by atoms with Crippen LogP contribution in [0.1, 0.15) is 17.4 Å². The molecule has 0 aliphatic rings. The Balaban J connectivity index is 2.57. The Morgan fingerprint density at radius 2 is 2.12 bits per heavy atom. The lowest BCUT2D eigenvalue weighted by molar-refractivity contribution is -0.117. The van der Waals surface area contributed by atoms with Gasteiger partial charge in [0.05, 0.1) is 6.04 Å². The van der Waals surface area contributed by atoms with E-state index in [1.54, 1.807) is 12.3 Å². The molecule has 0 spiro atoms. The summed E-state index contributed by atoms with van der Waals surface area (Å²) >= 11 is 3.26. The Hall–Kier alpha value is -0.850. The second-order valence-corrected chi connectivity index (χ2v) is 4.25. The molecule has 16 heavy (non-hydrogen) atoms. The maximum absolute atomic E-state index is 11.7. The van der Waals surface area contributed by atoms with E-state index in [2.05, 4.69) is 26.2 Å². The van der Waals surface area contributed by atoms with Gasteiger partial charge in [0.25, 0.3) is 5.91 Å². The Kier molecular flexibility index (Phi) is 4.98. The number of H-pyrrole nitrogens is 1. The smallest absolute Gasteiger partial charge is 0.268 e. The van der Waals surface area contributed by atoms with E-state index in [1.165, 1.54) is 14.2 Å². The SMILES string of the molecule is COC(OC)C(C)NC(=O)c1cc(Br)c[nH]1. The molecule has 1 heterocycles. The summed E-state index contributed by atoms with van der Waals surface area (Å²) in [6.45, 7) is 1.81. The standard InChI is InChI=1S/C10H15BrN2O3/c1-6(10(15-2)16-3)13-9(14)8-4-7(11)5-12-8/h4-6,10,12H,1-3H3,(H,13,14). The molecule has 2 N–H and O–H groups in total. The van der Waals surface area contributed by atoms with Gasteiger partial charge in [-0.2, -0.15) is 0 Å². The van der Waals surface area contributed by atoms with E-state index >= 15 is 0 Å². The third-order valence-electron chi connectivity index (χ3n) is 2.12. The van der Waals surface area contributed by atoms with Crippen molar-refractivity contribution in [1.29, 1.82) is 0 Å². The number of hydrogen-bond acceptors (Lipinski definition) is 3. The van der Waals surface area contributed by atoms with Gasteiger partial charge >= 0.3 is 0 Å². The van der Waals surface area contributed by atoms with Crippen molar-refractivity contribution in [1.82, 2.24) is 10.3 Å². The highest BCUT2D eigenvalue weighted by molar-refractivity contribution is 9.10. The highest BCUT2D eigenvalue weighted by atomic mass is 79.9. The van der Waals surface area contributed by atoms with Crippen LogP contribution in [-0.4, -0.2) is 37.4 Å². The van der Waals surface area contributed by atoms with Crippen molar-refractivity contribution < 1.29 is 14.3 Å². The number of amides is 1. The van der Waals surface area contributed by atoms with Gasteiger partial charge < -0.3 is 19.8 Å². The van der Waals surface area contributed by atoms with Crippen molar-refractivity contribution in [3.05, 3.63) is 22.4 Å². The minimum Gasteiger partial charge on any atom is -0.356 e. The number of ether oxygens (including phenoxy) is 2. The number of methoxy groups -OCH3 is 2. The van der Waals surface area contributed by atoms with Crippen molar-refractivity contribution in [2.75, 3.05) is 14.2 Å². The first-order valence-electron chi connectivity index (χ1n) is 4.79. The van der Waals surface area contributed by atoms with Crippen LogP contribution in [0, 0.1) is 0 Å². The fourth-order valence-corrected chi connectivity index (χ4v) is 1.70. The average Bonchev–Trinajstić information content (AvgIpc) is 2.66. The number of aromatic nitrogens is 1. The molecule has 0 bridgehead atoms. The molecule has 0 radical (unpaired) electrons. The van der Waals surface area contributed by atoms with Crippen LogP contribution in [0.4, 0.5) is 0 Å². The normalized spacial score (nSPS) is 12.8. The molecular formula is C10H15BrN2O3. The lowest BCUT2D eigenvalue weighted by atomic mass is 10.3. The van der Waals surface area contributed by atoms with Gasteiger partial charge in [0, 0.05) is 24.9 Å². The summed E-state index contributed by atoms with van der Waals surface area (Å²) in [6.07, 6.45) is 1.24. The second kappa shape index (κ2) is 6.03. The lowest BCUT2D eigenvalue weighted by Gasteiger charge is -2.21. The third kappa shape index (κ3) is 3.33. The Bertz CT molecular complexity index is 350. The van der Waals surface area contributed by atoms with Gasteiger partial charge in [-0.3, -0.25) is 4.79 Å². The molecule has 5 nitrogen and oxygen atoms in total. The van der Waals surface area contributed by atoms with Crippen LogP contribution in [0.25, 0.3) is 0 Å². The summed E-state index contributed by atoms with van der Waals surface area (Å²) < 4.78 is 10.9. The summed E-state index contributed by atoms with van der Waals surface area (Å²) in [7, 11) is 3.06. The fourth-order valence-electron chi connectivity index (χ4n) is 1.36. The number of carbonyl (C=O) groups excluding carboxylic acids is 1. The van der Waals surface area contributed by atoms with E-state index in [0.29, 0.717) is 5.69 Å². The highest BCUT2D eigenvalue weighted by Crippen LogP contribution is 2.10. The molecule has 0 saturated carbocycles. The van der Waals surface area contributed by atoms with E-state index in [9.17, 15) is 4.79 Å². The zero-order valence-electron chi connectivity index (χ0n) is 9.41. The van der Waals surface area contributed by atoms with Crippen LogP contribution in [-0.2, 0) is 9.47 Å². The summed E-state index contributed by atoms with van der Waals surface area (Å²) in [6, 6.07) is 1.47. The van der Waals surface area contributed by atoms with Crippen molar-refractivity contribution in [2.45, 2.75) is 19.3 Å². The van der Waals surface area contributed by atoms with Gasteiger partial charge in [0.2, 0.25) is 0 Å². The molecule has 1 unspecified atom stereocenters. The number of hydrogen-bond donors (Lipinski definition) is 2.